The molecule has 1 nitrogen and oxygen atoms in total. The smallest absolute Gasteiger partial charge is 0.128 e. The maximum absolute atomic E-state index is 13.6. The lowest BCUT2D eigenvalue weighted by Crippen LogP contribution is -2.06. The van der Waals surface area contributed by atoms with Crippen LogP contribution in [0.4, 0.5) is 4.39 Å². The lowest BCUT2D eigenvalue weighted by Gasteiger charge is -2.17. The van der Waals surface area contributed by atoms with E-state index in [-0.39, 0.29) is 11.7 Å². The first-order valence-electron chi connectivity index (χ1n) is 5.34. The summed E-state index contributed by atoms with van der Waals surface area (Å²) in [6.07, 6.45) is 2.69. The van der Waals surface area contributed by atoms with Crippen molar-refractivity contribution >= 4 is 11.6 Å². The molecule has 0 aliphatic heterocycles. The van der Waals surface area contributed by atoms with Gasteiger partial charge in [0.15, 0.2) is 0 Å². The summed E-state index contributed by atoms with van der Waals surface area (Å²) in [6, 6.07) is 4.84. The molecule has 1 atom stereocenters. The molecule has 1 aromatic rings. The van der Waals surface area contributed by atoms with Gasteiger partial charge in [0, 0.05) is 10.6 Å². The number of benzene rings is 1. The Morgan fingerprint density at radius 3 is 2.73 bits per heavy atom. The summed E-state index contributed by atoms with van der Waals surface area (Å²) in [5, 5.41) is 0.527. The molecule has 0 heterocycles. The molecule has 0 aromatic heterocycles. The van der Waals surface area contributed by atoms with Crippen molar-refractivity contribution in [2.24, 2.45) is 5.73 Å². The third kappa shape index (κ3) is 3.18. The fourth-order valence-electron chi connectivity index (χ4n) is 1.82. The van der Waals surface area contributed by atoms with Crippen molar-refractivity contribution in [3.05, 3.63) is 34.6 Å². The van der Waals surface area contributed by atoms with Gasteiger partial charge in [-0.05, 0) is 43.9 Å². The van der Waals surface area contributed by atoms with Crippen molar-refractivity contribution < 1.29 is 4.39 Å². The maximum atomic E-state index is 13.6. The molecule has 0 aliphatic carbocycles. The third-order valence-electron chi connectivity index (χ3n) is 2.66. The van der Waals surface area contributed by atoms with Gasteiger partial charge in [-0.1, -0.05) is 24.6 Å². The average molecular weight is 230 g/mol. The van der Waals surface area contributed by atoms with Crippen molar-refractivity contribution in [3.8, 4) is 0 Å². The van der Waals surface area contributed by atoms with Gasteiger partial charge in [-0.15, -0.1) is 0 Å². The second kappa shape index (κ2) is 6.09. The first kappa shape index (κ1) is 12.5. The molecular formula is C12H17ClFN. The SMILES string of the molecule is CCC(CCCN)c1c(F)cccc1Cl. The summed E-state index contributed by atoms with van der Waals surface area (Å²) in [5.41, 5.74) is 6.11. The molecule has 1 rings (SSSR count). The van der Waals surface area contributed by atoms with E-state index < -0.39 is 0 Å². The highest BCUT2D eigenvalue weighted by Gasteiger charge is 2.16. The molecule has 0 spiro atoms. The minimum atomic E-state index is -0.202. The first-order chi connectivity index (χ1) is 7.20. The molecular weight excluding hydrogens is 213 g/mol. The van der Waals surface area contributed by atoms with Crippen LogP contribution in [0.2, 0.25) is 5.02 Å². The highest BCUT2D eigenvalue weighted by Crippen LogP contribution is 2.32. The van der Waals surface area contributed by atoms with Crippen LogP contribution in [-0.2, 0) is 0 Å². The van der Waals surface area contributed by atoms with Gasteiger partial charge in [0.1, 0.15) is 5.82 Å². The zero-order valence-electron chi connectivity index (χ0n) is 8.97. The summed E-state index contributed by atoms with van der Waals surface area (Å²) >= 11 is 6.01. The van der Waals surface area contributed by atoms with Crippen LogP contribution in [0.25, 0.3) is 0 Å². The molecule has 0 saturated heterocycles. The summed E-state index contributed by atoms with van der Waals surface area (Å²) in [4.78, 5) is 0. The average Bonchev–Trinajstić information content (AvgIpc) is 2.22. The number of nitrogens with two attached hydrogens (primary N) is 1. The van der Waals surface area contributed by atoms with Crippen molar-refractivity contribution in [1.82, 2.24) is 0 Å². The minimum absolute atomic E-state index is 0.183. The van der Waals surface area contributed by atoms with Gasteiger partial charge in [0.25, 0.3) is 0 Å². The highest BCUT2D eigenvalue weighted by atomic mass is 35.5. The van der Waals surface area contributed by atoms with E-state index in [0.29, 0.717) is 17.1 Å². The Balaban J connectivity index is 2.90. The Labute approximate surface area is 95.4 Å². The molecule has 0 saturated carbocycles. The van der Waals surface area contributed by atoms with Gasteiger partial charge in [-0.3, -0.25) is 0 Å². The Hall–Kier alpha value is -0.600. The molecule has 84 valence electrons. The monoisotopic (exact) mass is 229 g/mol. The van der Waals surface area contributed by atoms with E-state index in [4.69, 9.17) is 17.3 Å². The fourth-order valence-corrected chi connectivity index (χ4v) is 2.13. The molecule has 1 unspecified atom stereocenters. The van der Waals surface area contributed by atoms with Crippen LogP contribution in [-0.4, -0.2) is 6.54 Å². The number of hydrogen-bond donors (Lipinski definition) is 1. The van der Waals surface area contributed by atoms with E-state index in [2.05, 4.69) is 0 Å². The maximum Gasteiger partial charge on any atom is 0.128 e. The standard InChI is InChI=1S/C12H17ClFN/c1-2-9(5-4-8-15)12-10(13)6-3-7-11(12)14/h3,6-7,9H,2,4-5,8,15H2,1H3. The summed E-state index contributed by atoms with van der Waals surface area (Å²) in [5.74, 6) is -0.0198. The third-order valence-corrected chi connectivity index (χ3v) is 2.99. The Bertz CT molecular complexity index is 294. The van der Waals surface area contributed by atoms with E-state index in [1.54, 1.807) is 12.1 Å². The molecule has 2 N–H and O–H groups in total. The molecule has 1 aromatic carbocycles. The first-order valence-corrected chi connectivity index (χ1v) is 5.72. The molecule has 15 heavy (non-hydrogen) atoms. The molecule has 0 bridgehead atoms. The van der Waals surface area contributed by atoms with E-state index in [0.717, 1.165) is 19.3 Å². The van der Waals surface area contributed by atoms with Gasteiger partial charge >= 0.3 is 0 Å². The topological polar surface area (TPSA) is 26.0 Å². The van der Waals surface area contributed by atoms with E-state index >= 15 is 0 Å². The zero-order valence-corrected chi connectivity index (χ0v) is 9.73. The lowest BCUT2D eigenvalue weighted by molar-refractivity contribution is 0.533. The van der Waals surface area contributed by atoms with Crippen LogP contribution >= 0.6 is 11.6 Å². The summed E-state index contributed by atoms with van der Waals surface area (Å²) in [6.45, 7) is 2.69. The number of hydrogen-bond acceptors (Lipinski definition) is 1. The Morgan fingerprint density at radius 2 is 2.20 bits per heavy atom. The molecule has 0 aliphatic rings. The minimum Gasteiger partial charge on any atom is -0.330 e. The van der Waals surface area contributed by atoms with Crippen LogP contribution in [0, 0.1) is 5.82 Å². The van der Waals surface area contributed by atoms with Gasteiger partial charge in [-0.25, -0.2) is 4.39 Å². The molecule has 0 radical (unpaired) electrons. The van der Waals surface area contributed by atoms with Gasteiger partial charge < -0.3 is 5.73 Å². The second-order valence-corrected chi connectivity index (χ2v) is 4.08. The summed E-state index contributed by atoms with van der Waals surface area (Å²) < 4.78 is 13.6. The summed E-state index contributed by atoms with van der Waals surface area (Å²) in [7, 11) is 0. The Kier molecular flexibility index (Phi) is 5.06. The van der Waals surface area contributed by atoms with Crippen LogP contribution in [0.5, 0.6) is 0 Å². The molecule has 0 fully saturated rings. The van der Waals surface area contributed by atoms with Crippen LogP contribution in [0.15, 0.2) is 18.2 Å². The zero-order chi connectivity index (χ0) is 11.3. The fraction of sp³-hybridized carbons (Fsp3) is 0.500. The van der Waals surface area contributed by atoms with Gasteiger partial charge in [0.2, 0.25) is 0 Å². The van der Waals surface area contributed by atoms with Crippen LogP contribution < -0.4 is 5.73 Å². The van der Waals surface area contributed by atoms with Gasteiger partial charge in [0.05, 0.1) is 0 Å². The number of halogens is 2. The van der Waals surface area contributed by atoms with Crippen molar-refractivity contribution in [2.45, 2.75) is 32.1 Å². The highest BCUT2D eigenvalue weighted by molar-refractivity contribution is 6.31. The molecule has 3 heteroatoms. The van der Waals surface area contributed by atoms with E-state index in [1.165, 1.54) is 6.07 Å². The van der Waals surface area contributed by atoms with Crippen molar-refractivity contribution in [1.29, 1.82) is 0 Å². The predicted molar refractivity (Wildman–Crippen MR) is 62.7 cm³/mol. The lowest BCUT2D eigenvalue weighted by atomic mass is 9.91. The van der Waals surface area contributed by atoms with Crippen molar-refractivity contribution in [3.63, 3.8) is 0 Å². The van der Waals surface area contributed by atoms with E-state index in [9.17, 15) is 4.39 Å². The van der Waals surface area contributed by atoms with Crippen LogP contribution in [0.1, 0.15) is 37.7 Å². The largest absolute Gasteiger partial charge is 0.330 e. The normalized spacial score (nSPS) is 12.8. The predicted octanol–water partition coefficient (Wildman–Crippen LogP) is 3.71. The van der Waals surface area contributed by atoms with Crippen molar-refractivity contribution in [2.75, 3.05) is 6.54 Å². The Morgan fingerprint density at radius 1 is 1.47 bits per heavy atom. The quantitative estimate of drug-likeness (QED) is 0.819. The number of rotatable bonds is 5. The van der Waals surface area contributed by atoms with Crippen LogP contribution in [0.3, 0.4) is 0 Å². The van der Waals surface area contributed by atoms with E-state index in [1.807, 2.05) is 6.92 Å². The second-order valence-electron chi connectivity index (χ2n) is 3.67. The molecule has 0 amide bonds. The van der Waals surface area contributed by atoms with Gasteiger partial charge in [-0.2, -0.15) is 0 Å².